The van der Waals surface area contributed by atoms with Crippen LogP contribution < -0.4 is 0 Å². The first-order chi connectivity index (χ1) is 6.65. The zero-order chi connectivity index (χ0) is 10.7. The number of aliphatic hydroxyl groups excluding tert-OH is 3. The molecule has 1 fully saturated rings. The summed E-state index contributed by atoms with van der Waals surface area (Å²) in [6.07, 6.45) is -4.77. The quantitative estimate of drug-likeness (QED) is 0.494. The average Bonchev–Trinajstić information content (AvgIpc) is 2.21. The van der Waals surface area contributed by atoms with Gasteiger partial charge in [-0.1, -0.05) is 0 Å². The van der Waals surface area contributed by atoms with Gasteiger partial charge in [0, 0.05) is 16.6 Å². The molecule has 1 aliphatic rings. The van der Waals surface area contributed by atoms with E-state index in [9.17, 15) is 10.2 Å². The smallest absolute Gasteiger partial charge is 0.189 e. The summed E-state index contributed by atoms with van der Waals surface area (Å²) in [5, 5.41) is 28.0. The molecule has 6 nitrogen and oxygen atoms in total. The van der Waals surface area contributed by atoms with Crippen LogP contribution >= 0.6 is 9.47 Å². The van der Waals surface area contributed by atoms with Crippen LogP contribution in [0.4, 0.5) is 0 Å². The molecule has 3 N–H and O–H groups in total. The summed E-state index contributed by atoms with van der Waals surface area (Å²) < 4.78 is 14.8. The molecule has 1 rings (SSSR count). The topological polar surface area (TPSA) is 88.4 Å². The second kappa shape index (κ2) is 5.32. The monoisotopic (exact) mass is 226 g/mol. The number of hydrogen-bond acceptors (Lipinski definition) is 6. The van der Waals surface area contributed by atoms with Crippen molar-refractivity contribution in [3.63, 3.8) is 0 Å². The van der Waals surface area contributed by atoms with E-state index >= 15 is 0 Å². The van der Waals surface area contributed by atoms with Gasteiger partial charge in [-0.2, -0.15) is 0 Å². The third kappa shape index (κ3) is 2.23. The van der Waals surface area contributed by atoms with Gasteiger partial charge in [-0.25, -0.2) is 0 Å². The van der Waals surface area contributed by atoms with Crippen molar-refractivity contribution in [3.8, 4) is 0 Å². The standard InChI is InChI=1S/C7H15O6P/c1-11-6-3(2-8)12-7(13-14)5(10)4(6)9/h3-10H,2,14H2,1H3. The largest absolute Gasteiger partial charge is 0.394 e. The molecule has 84 valence electrons. The van der Waals surface area contributed by atoms with Gasteiger partial charge in [0.2, 0.25) is 0 Å². The Bertz CT molecular complexity index is 178. The van der Waals surface area contributed by atoms with Crippen molar-refractivity contribution in [1.82, 2.24) is 0 Å². The maximum atomic E-state index is 9.59. The molecule has 6 unspecified atom stereocenters. The van der Waals surface area contributed by atoms with Crippen LogP contribution in [0.3, 0.4) is 0 Å². The first-order valence-corrected chi connectivity index (χ1v) is 4.63. The molecule has 0 spiro atoms. The Morgan fingerprint density at radius 2 is 2.00 bits per heavy atom. The highest BCUT2D eigenvalue weighted by Crippen LogP contribution is 2.24. The Balaban J connectivity index is 2.71. The third-order valence-electron chi connectivity index (χ3n) is 2.23. The SMILES string of the molecule is COC1C(CO)OC(OP)C(O)C1O. The molecular formula is C7H15O6P. The summed E-state index contributed by atoms with van der Waals surface area (Å²) in [5.74, 6) is 0. The fraction of sp³-hybridized carbons (Fsp3) is 1.00. The van der Waals surface area contributed by atoms with Crippen molar-refractivity contribution in [2.75, 3.05) is 13.7 Å². The summed E-state index contributed by atoms with van der Waals surface area (Å²) in [6.45, 7) is -0.313. The fourth-order valence-electron chi connectivity index (χ4n) is 1.46. The molecule has 0 aromatic carbocycles. The Labute approximate surface area is 84.1 Å². The van der Waals surface area contributed by atoms with Crippen molar-refractivity contribution in [1.29, 1.82) is 0 Å². The Morgan fingerprint density at radius 1 is 1.36 bits per heavy atom. The van der Waals surface area contributed by atoms with Gasteiger partial charge >= 0.3 is 0 Å². The van der Waals surface area contributed by atoms with Gasteiger partial charge in [-0.05, 0) is 0 Å². The number of hydrogen-bond donors (Lipinski definition) is 3. The van der Waals surface area contributed by atoms with Gasteiger partial charge in [0.15, 0.2) is 6.29 Å². The van der Waals surface area contributed by atoms with Gasteiger partial charge in [0.1, 0.15) is 24.4 Å². The van der Waals surface area contributed by atoms with E-state index < -0.39 is 30.7 Å². The van der Waals surface area contributed by atoms with Crippen LogP contribution in [0.1, 0.15) is 0 Å². The Kier molecular flexibility index (Phi) is 4.66. The first kappa shape index (κ1) is 12.3. The van der Waals surface area contributed by atoms with Crippen LogP contribution in [0.15, 0.2) is 0 Å². The predicted octanol–water partition coefficient (Wildman–Crippen LogP) is -1.75. The number of aliphatic hydroxyl groups is 3. The molecule has 1 saturated heterocycles. The Hall–Kier alpha value is 0.190. The summed E-state index contributed by atoms with van der Waals surface area (Å²) >= 11 is 0. The second-order valence-corrected chi connectivity index (χ2v) is 3.32. The van der Waals surface area contributed by atoms with Crippen molar-refractivity contribution in [2.24, 2.45) is 0 Å². The minimum Gasteiger partial charge on any atom is -0.394 e. The van der Waals surface area contributed by atoms with Crippen LogP contribution in [0.5, 0.6) is 0 Å². The second-order valence-electron chi connectivity index (χ2n) is 3.04. The van der Waals surface area contributed by atoms with Gasteiger partial charge in [0.05, 0.1) is 6.61 Å². The van der Waals surface area contributed by atoms with Crippen molar-refractivity contribution in [3.05, 3.63) is 0 Å². The highest BCUT2D eigenvalue weighted by Gasteiger charge is 2.44. The van der Waals surface area contributed by atoms with E-state index in [4.69, 9.17) is 19.1 Å². The molecule has 0 aromatic rings. The van der Waals surface area contributed by atoms with E-state index in [1.165, 1.54) is 7.11 Å². The summed E-state index contributed by atoms with van der Waals surface area (Å²) in [4.78, 5) is 0. The predicted molar refractivity (Wildman–Crippen MR) is 49.4 cm³/mol. The molecule has 0 amide bonds. The maximum absolute atomic E-state index is 9.59. The van der Waals surface area contributed by atoms with Crippen molar-refractivity contribution in [2.45, 2.75) is 30.7 Å². The lowest BCUT2D eigenvalue weighted by Gasteiger charge is -2.40. The normalized spacial score (nSPS) is 43.9. The lowest BCUT2D eigenvalue weighted by Crippen LogP contribution is -2.59. The number of ether oxygens (including phenoxy) is 2. The van der Waals surface area contributed by atoms with E-state index in [1.807, 2.05) is 9.47 Å². The highest BCUT2D eigenvalue weighted by atomic mass is 31.0. The lowest BCUT2D eigenvalue weighted by atomic mass is 9.99. The van der Waals surface area contributed by atoms with Gasteiger partial charge in [-0.15, -0.1) is 0 Å². The summed E-state index contributed by atoms with van der Waals surface area (Å²) in [5.41, 5.74) is 0. The van der Waals surface area contributed by atoms with Crippen LogP contribution in [-0.4, -0.2) is 59.7 Å². The molecule has 14 heavy (non-hydrogen) atoms. The minimum absolute atomic E-state index is 0.313. The molecule has 0 radical (unpaired) electrons. The fourth-order valence-corrected chi connectivity index (χ4v) is 1.68. The van der Waals surface area contributed by atoms with Crippen LogP contribution in [0, 0.1) is 0 Å². The summed E-state index contributed by atoms with van der Waals surface area (Å²) in [7, 11) is 3.30. The van der Waals surface area contributed by atoms with Crippen LogP contribution in [-0.2, 0) is 14.0 Å². The highest BCUT2D eigenvalue weighted by molar-refractivity contribution is 7.09. The van der Waals surface area contributed by atoms with E-state index in [1.54, 1.807) is 0 Å². The van der Waals surface area contributed by atoms with Crippen LogP contribution in [0.2, 0.25) is 0 Å². The van der Waals surface area contributed by atoms with Crippen molar-refractivity contribution >= 4 is 9.47 Å². The van der Waals surface area contributed by atoms with Gasteiger partial charge < -0.3 is 29.3 Å². The van der Waals surface area contributed by atoms with Crippen molar-refractivity contribution < 1.29 is 29.3 Å². The van der Waals surface area contributed by atoms with E-state index in [2.05, 4.69) is 0 Å². The molecule has 0 aliphatic carbocycles. The van der Waals surface area contributed by atoms with E-state index in [0.29, 0.717) is 0 Å². The zero-order valence-electron chi connectivity index (χ0n) is 7.74. The Morgan fingerprint density at radius 3 is 2.43 bits per heavy atom. The van der Waals surface area contributed by atoms with E-state index in [-0.39, 0.29) is 6.61 Å². The molecular weight excluding hydrogens is 211 g/mol. The molecule has 0 aromatic heterocycles. The molecule has 0 bridgehead atoms. The number of methoxy groups -OCH3 is 1. The molecule has 1 heterocycles. The van der Waals surface area contributed by atoms with E-state index in [0.717, 1.165) is 0 Å². The molecule has 7 heteroatoms. The molecule has 6 atom stereocenters. The first-order valence-electron chi connectivity index (χ1n) is 4.16. The van der Waals surface area contributed by atoms with Gasteiger partial charge in [-0.3, -0.25) is 0 Å². The third-order valence-corrected chi connectivity index (χ3v) is 2.50. The van der Waals surface area contributed by atoms with Gasteiger partial charge in [0.25, 0.3) is 0 Å². The van der Waals surface area contributed by atoms with Crippen LogP contribution in [0.25, 0.3) is 0 Å². The molecule has 1 aliphatic heterocycles. The summed E-state index contributed by atoms with van der Waals surface area (Å²) in [6, 6.07) is 0. The minimum atomic E-state index is -1.19. The average molecular weight is 226 g/mol. The maximum Gasteiger partial charge on any atom is 0.189 e. The molecule has 0 saturated carbocycles. The zero-order valence-corrected chi connectivity index (χ0v) is 8.89. The number of rotatable bonds is 3. The lowest BCUT2D eigenvalue weighted by molar-refractivity contribution is -0.279.